The van der Waals surface area contributed by atoms with Gasteiger partial charge in [-0.1, -0.05) is 48.7 Å². The van der Waals surface area contributed by atoms with Crippen molar-refractivity contribution in [2.24, 2.45) is 5.41 Å². The molecule has 1 saturated carbocycles. The maximum Gasteiger partial charge on any atom is 0.264 e. The lowest BCUT2D eigenvalue weighted by atomic mass is 9.64. The quantitative estimate of drug-likeness (QED) is 0.921. The Balaban J connectivity index is 1.52. The van der Waals surface area contributed by atoms with Crippen molar-refractivity contribution < 1.29 is 9.53 Å². The fourth-order valence-corrected chi connectivity index (χ4v) is 3.10. The topological polar surface area (TPSA) is 64.1 Å². The number of hydrogen-bond donors (Lipinski definition) is 1. The Bertz CT molecular complexity index is 628. The summed E-state index contributed by atoms with van der Waals surface area (Å²) < 4.78 is 9.72. The number of carbonyl (C=O) groups excluding carboxylic acids is 1. The van der Waals surface area contributed by atoms with Gasteiger partial charge in [0.1, 0.15) is 4.88 Å². The highest BCUT2D eigenvalue weighted by atomic mass is 32.1. The van der Waals surface area contributed by atoms with Crippen LogP contribution in [0.1, 0.15) is 35.5 Å². The molecule has 116 valence electrons. The van der Waals surface area contributed by atoms with Gasteiger partial charge >= 0.3 is 0 Å². The van der Waals surface area contributed by atoms with Crippen molar-refractivity contribution in [1.29, 1.82) is 0 Å². The summed E-state index contributed by atoms with van der Waals surface area (Å²) in [6, 6.07) is 10.2. The fraction of sp³-hybridized carbons (Fsp3) is 0.438. The van der Waals surface area contributed by atoms with Crippen molar-refractivity contribution in [1.82, 2.24) is 14.9 Å². The lowest BCUT2D eigenvalue weighted by molar-refractivity contribution is -0.122. The van der Waals surface area contributed by atoms with Crippen LogP contribution in [0.2, 0.25) is 0 Å². The predicted molar refractivity (Wildman–Crippen MR) is 84.6 cm³/mol. The summed E-state index contributed by atoms with van der Waals surface area (Å²) in [7, 11) is 0. The minimum atomic E-state index is -0.102. The molecule has 1 aliphatic rings. The second-order valence-corrected chi connectivity index (χ2v) is 6.94. The Morgan fingerprint density at radius 1 is 1.41 bits per heavy atom. The lowest BCUT2D eigenvalue weighted by Gasteiger charge is -2.51. The summed E-state index contributed by atoms with van der Waals surface area (Å²) in [5.74, 6) is -0.102. The van der Waals surface area contributed by atoms with Gasteiger partial charge in [-0.05, 0) is 23.5 Å². The number of rotatable bonds is 5. The van der Waals surface area contributed by atoms with Gasteiger partial charge in [-0.25, -0.2) is 0 Å². The first-order valence-electron chi connectivity index (χ1n) is 7.31. The maximum absolute atomic E-state index is 12.1. The third-order valence-corrected chi connectivity index (χ3v) is 5.03. The van der Waals surface area contributed by atoms with E-state index >= 15 is 0 Å². The van der Waals surface area contributed by atoms with Gasteiger partial charge in [0.15, 0.2) is 0 Å². The van der Waals surface area contributed by atoms with Crippen LogP contribution in [-0.4, -0.2) is 27.6 Å². The van der Waals surface area contributed by atoms with E-state index in [9.17, 15) is 4.79 Å². The average Bonchev–Trinajstić information content (AvgIpc) is 3.05. The van der Waals surface area contributed by atoms with Crippen molar-refractivity contribution >= 4 is 17.4 Å². The molecule has 1 heterocycles. The van der Waals surface area contributed by atoms with Gasteiger partial charge < -0.3 is 10.1 Å². The van der Waals surface area contributed by atoms with Crippen LogP contribution in [0.4, 0.5) is 0 Å². The van der Waals surface area contributed by atoms with E-state index in [0.29, 0.717) is 11.5 Å². The lowest BCUT2D eigenvalue weighted by Crippen LogP contribution is -2.61. The highest BCUT2D eigenvalue weighted by molar-refractivity contribution is 7.07. The zero-order chi connectivity index (χ0) is 15.6. The Kier molecular flexibility index (Phi) is 4.22. The number of nitrogens with zero attached hydrogens (tertiary/aromatic N) is 2. The van der Waals surface area contributed by atoms with Gasteiger partial charge in [0.05, 0.1) is 18.9 Å². The van der Waals surface area contributed by atoms with Crippen LogP contribution in [0.3, 0.4) is 0 Å². The molecule has 0 spiro atoms. The van der Waals surface area contributed by atoms with E-state index in [1.54, 1.807) is 0 Å². The fourth-order valence-electron chi connectivity index (χ4n) is 2.68. The zero-order valence-corrected chi connectivity index (χ0v) is 13.5. The minimum Gasteiger partial charge on any atom is -0.373 e. The van der Waals surface area contributed by atoms with E-state index in [1.807, 2.05) is 18.2 Å². The van der Waals surface area contributed by atoms with Crippen LogP contribution in [-0.2, 0) is 11.3 Å². The zero-order valence-electron chi connectivity index (χ0n) is 12.7. The highest BCUT2D eigenvalue weighted by Gasteiger charge is 2.49. The molecular weight excluding hydrogens is 298 g/mol. The van der Waals surface area contributed by atoms with E-state index in [1.165, 1.54) is 11.8 Å². The van der Waals surface area contributed by atoms with Gasteiger partial charge in [-0.3, -0.25) is 4.79 Å². The van der Waals surface area contributed by atoms with Gasteiger partial charge in [-0.2, -0.15) is 0 Å². The summed E-state index contributed by atoms with van der Waals surface area (Å²) in [5.41, 5.74) is 1.09. The van der Waals surface area contributed by atoms with Crippen LogP contribution in [0.25, 0.3) is 0 Å². The van der Waals surface area contributed by atoms with Gasteiger partial charge in [-0.15, -0.1) is 5.10 Å². The maximum atomic E-state index is 12.1. The first-order valence-corrected chi connectivity index (χ1v) is 8.08. The number of benzene rings is 1. The second kappa shape index (κ2) is 6.14. The van der Waals surface area contributed by atoms with Gasteiger partial charge in [0.25, 0.3) is 5.91 Å². The Labute approximate surface area is 133 Å². The predicted octanol–water partition coefficient (Wildman–Crippen LogP) is 2.65. The normalized spacial score (nSPS) is 22.8. The van der Waals surface area contributed by atoms with E-state index in [2.05, 4.69) is 40.9 Å². The van der Waals surface area contributed by atoms with Crippen LogP contribution in [0.5, 0.6) is 0 Å². The molecular formula is C16H19N3O2S. The smallest absolute Gasteiger partial charge is 0.264 e. The molecule has 1 fully saturated rings. The number of nitrogens with one attached hydrogen (secondary N) is 1. The van der Waals surface area contributed by atoms with E-state index < -0.39 is 0 Å². The second-order valence-electron chi connectivity index (χ2n) is 6.15. The third-order valence-electron chi connectivity index (χ3n) is 4.36. The van der Waals surface area contributed by atoms with Crippen molar-refractivity contribution in [3.8, 4) is 0 Å². The van der Waals surface area contributed by atoms with E-state index in [-0.39, 0.29) is 23.5 Å². The molecule has 0 aliphatic heterocycles. The van der Waals surface area contributed by atoms with Crippen LogP contribution < -0.4 is 5.32 Å². The van der Waals surface area contributed by atoms with Crippen molar-refractivity contribution in [2.75, 3.05) is 0 Å². The van der Waals surface area contributed by atoms with E-state index in [0.717, 1.165) is 18.0 Å². The minimum absolute atomic E-state index is 0.0808. The SMILES string of the molecule is CC1(C)[C@@H](NC(=O)c2cnns2)C[C@@H]1OCc1ccccc1. The molecule has 0 saturated heterocycles. The summed E-state index contributed by atoms with van der Waals surface area (Å²) in [6.07, 6.45) is 2.48. The Morgan fingerprint density at radius 2 is 2.18 bits per heavy atom. The molecule has 1 aliphatic carbocycles. The molecule has 1 amide bonds. The Hall–Kier alpha value is -1.79. The summed E-state index contributed by atoms with van der Waals surface area (Å²) in [4.78, 5) is 12.6. The van der Waals surface area contributed by atoms with Crippen LogP contribution in [0, 0.1) is 5.41 Å². The first-order chi connectivity index (χ1) is 10.6. The summed E-state index contributed by atoms with van der Waals surface area (Å²) in [5, 5.41) is 6.74. The summed E-state index contributed by atoms with van der Waals surface area (Å²) in [6.45, 7) is 4.86. The third kappa shape index (κ3) is 3.03. The standard InChI is InChI=1S/C16H19N3O2S/c1-16(2)13(18-15(20)12-9-17-19-22-12)8-14(16)21-10-11-6-4-3-5-7-11/h3-7,9,13-14H,8,10H2,1-2H3,(H,18,20)/t13-,14-/m0/s1. The monoisotopic (exact) mass is 317 g/mol. The number of ether oxygens (including phenoxy) is 1. The van der Waals surface area contributed by atoms with Crippen molar-refractivity contribution in [2.45, 2.75) is 39.0 Å². The molecule has 2 aromatic rings. The van der Waals surface area contributed by atoms with E-state index in [4.69, 9.17) is 4.74 Å². The number of amides is 1. The first kappa shape index (κ1) is 15.1. The molecule has 2 atom stereocenters. The van der Waals surface area contributed by atoms with Gasteiger partial charge in [0, 0.05) is 11.5 Å². The number of carbonyl (C=O) groups is 1. The molecule has 6 heteroatoms. The molecule has 3 rings (SSSR count). The molecule has 1 aromatic heterocycles. The van der Waals surface area contributed by atoms with Crippen molar-refractivity contribution in [3.05, 3.63) is 47.0 Å². The number of hydrogen-bond acceptors (Lipinski definition) is 5. The molecule has 22 heavy (non-hydrogen) atoms. The largest absolute Gasteiger partial charge is 0.373 e. The molecule has 1 aromatic carbocycles. The van der Waals surface area contributed by atoms with Gasteiger partial charge in [0.2, 0.25) is 0 Å². The van der Waals surface area contributed by atoms with Crippen LogP contribution >= 0.6 is 11.5 Å². The molecule has 0 radical (unpaired) electrons. The Morgan fingerprint density at radius 3 is 2.82 bits per heavy atom. The van der Waals surface area contributed by atoms with Crippen LogP contribution in [0.15, 0.2) is 36.5 Å². The molecule has 0 unspecified atom stereocenters. The average molecular weight is 317 g/mol. The number of aromatic nitrogens is 2. The summed E-state index contributed by atoms with van der Waals surface area (Å²) >= 11 is 1.11. The molecule has 5 nitrogen and oxygen atoms in total. The molecule has 0 bridgehead atoms. The molecule has 1 N–H and O–H groups in total. The highest BCUT2D eigenvalue weighted by Crippen LogP contribution is 2.43. The van der Waals surface area contributed by atoms with Crippen molar-refractivity contribution in [3.63, 3.8) is 0 Å².